The summed E-state index contributed by atoms with van der Waals surface area (Å²) in [5.41, 5.74) is 0.227. The molecular formula is C12H23ClN4. The van der Waals surface area contributed by atoms with Gasteiger partial charge in [0.25, 0.3) is 0 Å². The van der Waals surface area contributed by atoms with Gasteiger partial charge in [-0.3, -0.25) is 0 Å². The maximum Gasteiger partial charge on any atom is 0.141 e. The SMILES string of the molecule is CC(C)n1ncnc1CNCC(C)(C)CCCl. The third-order valence-corrected chi connectivity index (χ3v) is 2.98. The molecule has 0 bridgehead atoms. The van der Waals surface area contributed by atoms with Crippen molar-refractivity contribution in [3.05, 3.63) is 12.2 Å². The van der Waals surface area contributed by atoms with Crippen LogP contribution in [0, 0.1) is 5.41 Å². The largest absolute Gasteiger partial charge is 0.309 e. The number of aromatic nitrogens is 3. The van der Waals surface area contributed by atoms with Gasteiger partial charge in [-0.2, -0.15) is 5.10 Å². The van der Waals surface area contributed by atoms with Crippen LogP contribution in [-0.2, 0) is 6.54 Å². The fourth-order valence-electron chi connectivity index (χ4n) is 1.69. The number of halogens is 1. The minimum atomic E-state index is 0.227. The fourth-order valence-corrected chi connectivity index (χ4v) is 2.20. The summed E-state index contributed by atoms with van der Waals surface area (Å²) >= 11 is 5.78. The quantitative estimate of drug-likeness (QED) is 0.765. The summed E-state index contributed by atoms with van der Waals surface area (Å²) in [5.74, 6) is 1.69. The molecule has 0 saturated carbocycles. The van der Waals surface area contributed by atoms with E-state index < -0.39 is 0 Å². The highest BCUT2D eigenvalue weighted by Gasteiger charge is 2.17. The zero-order chi connectivity index (χ0) is 12.9. The normalized spacial score (nSPS) is 12.4. The molecule has 17 heavy (non-hydrogen) atoms. The van der Waals surface area contributed by atoms with E-state index in [2.05, 4.69) is 43.1 Å². The topological polar surface area (TPSA) is 42.7 Å². The first-order valence-corrected chi connectivity index (χ1v) is 6.65. The molecule has 1 rings (SSSR count). The van der Waals surface area contributed by atoms with Gasteiger partial charge < -0.3 is 5.32 Å². The molecule has 0 aliphatic carbocycles. The Labute approximate surface area is 109 Å². The van der Waals surface area contributed by atoms with E-state index in [0.717, 1.165) is 25.3 Å². The van der Waals surface area contributed by atoms with Crippen molar-refractivity contribution >= 4 is 11.6 Å². The Hall–Kier alpha value is -0.610. The van der Waals surface area contributed by atoms with Gasteiger partial charge in [0.1, 0.15) is 12.2 Å². The second-order valence-corrected chi connectivity index (χ2v) is 5.80. The minimum Gasteiger partial charge on any atom is -0.309 e. The Morgan fingerprint density at radius 3 is 2.76 bits per heavy atom. The lowest BCUT2D eigenvalue weighted by molar-refractivity contribution is 0.325. The van der Waals surface area contributed by atoms with E-state index in [1.54, 1.807) is 6.33 Å². The van der Waals surface area contributed by atoms with Gasteiger partial charge in [0.2, 0.25) is 0 Å². The first-order valence-electron chi connectivity index (χ1n) is 6.11. The van der Waals surface area contributed by atoms with Crippen LogP contribution < -0.4 is 5.32 Å². The van der Waals surface area contributed by atoms with Gasteiger partial charge in [-0.15, -0.1) is 11.6 Å². The van der Waals surface area contributed by atoms with Gasteiger partial charge >= 0.3 is 0 Å². The maximum atomic E-state index is 5.78. The molecule has 1 heterocycles. The van der Waals surface area contributed by atoms with Gasteiger partial charge in [-0.05, 0) is 25.7 Å². The molecule has 0 aliphatic rings. The average Bonchev–Trinajstić information content (AvgIpc) is 2.65. The van der Waals surface area contributed by atoms with Gasteiger partial charge in [-0.1, -0.05) is 13.8 Å². The molecule has 0 amide bonds. The van der Waals surface area contributed by atoms with Crippen molar-refractivity contribution in [1.29, 1.82) is 0 Å². The van der Waals surface area contributed by atoms with Gasteiger partial charge in [-0.25, -0.2) is 9.67 Å². The van der Waals surface area contributed by atoms with Gasteiger partial charge in [0.05, 0.1) is 6.54 Å². The van der Waals surface area contributed by atoms with Crippen molar-refractivity contribution in [3.8, 4) is 0 Å². The maximum absolute atomic E-state index is 5.78. The van der Waals surface area contributed by atoms with Crippen molar-refractivity contribution in [2.45, 2.75) is 46.7 Å². The summed E-state index contributed by atoms with van der Waals surface area (Å²) in [6.07, 6.45) is 2.62. The third-order valence-electron chi connectivity index (χ3n) is 2.79. The molecule has 0 fully saturated rings. The summed E-state index contributed by atoms with van der Waals surface area (Å²) in [6.45, 7) is 10.3. The molecule has 0 saturated heterocycles. The van der Waals surface area contributed by atoms with Crippen LogP contribution in [0.15, 0.2) is 6.33 Å². The molecule has 98 valence electrons. The van der Waals surface area contributed by atoms with Gasteiger partial charge in [0, 0.05) is 18.5 Å². The van der Waals surface area contributed by atoms with Crippen LogP contribution in [-0.4, -0.2) is 27.2 Å². The van der Waals surface area contributed by atoms with Crippen LogP contribution in [0.1, 0.15) is 46.0 Å². The average molecular weight is 259 g/mol. The Balaban J connectivity index is 2.43. The molecule has 0 spiro atoms. The lowest BCUT2D eigenvalue weighted by Gasteiger charge is -2.23. The van der Waals surface area contributed by atoms with Crippen LogP contribution in [0.3, 0.4) is 0 Å². The predicted octanol–water partition coefficient (Wildman–Crippen LogP) is 2.60. The monoisotopic (exact) mass is 258 g/mol. The van der Waals surface area contributed by atoms with Crippen LogP contribution in [0.2, 0.25) is 0 Å². The molecular weight excluding hydrogens is 236 g/mol. The van der Waals surface area contributed by atoms with Crippen LogP contribution >= 0.6 is 11.6 Å². The van der Waals surface area contributed by atoms with E-state index in [1.807, 2.05) is 4.68 Å². The molecule has 1 aromatic rings. The lowest BCUT2D eigenvalue weighted by Crippen LogP contribution is -2.30. The summed E-state index contributed by atoms with van der Waals surface area (Å²) < 4.78 is 1.95. The van der Waals surface area contributed by atoms with Crippen molar-refractivity contribution in [2.75, 3.05) is 12.4 Å². The first-order chi connectivity index (χ1) is 7.96. The van der Waals surface area contributed by atoms with Crippen LogP contribution in [0.4, 0.5) is 0 Å². The molecule has 5 heteroatoms. The molecule has 4 nitrogen and oxygen atoms in total. The predicted molar refractivity (Wildman–Crippen MR) is 71.2 cm³/mol. The van der Waals surface area contributed by atoms with E-state index in [1.165, 1.54) is 0 Å². The zero-order valence-electron chi connectivity index (χ0n) is 11.2. The second-order valence-electron chi connectivity index (χ2n) is 5.42. The van der Waals surface area contributed by atoms with E-state index >= 15 is 0 Å². The van der Waals surface area contributed by atoms with Crippen molar-refractivity contribution in [2.24, 2.45) is 5.41 Å². The van der Waals surface area contributed by atoms with E-state index in [-0.39, 0.29) is 5.41 Å². The molecule has 1 aromatic heterocycles. The number of alkyl halides is 1. The summed E-state index contributed by atoms with van der Waals surface area (Å²) in [5, 5.41) is 7.64. The lowest BCUT2D eigenvalue weighted by atomic mass is 9.90. The van der Waals surface area contributed by atoms with E-state index in [0.29, 0.717) is 11.9 Å². The fraction of sp³-hybridized carbons (Fsp3) is 0.833. The second kappa shape index (κ2) is 6.36. The highest BCUT2D eigenvalue weighted by molar-refractivity contribution is 6.17. The number of nitrogens with zero attached hydrogens (tertiary/aromatic N) is 3. The van der Waals surface area contributed by atoms with Crippen molar-refractivity contribution in [1.82, 2.24) is 20.1 Å². The number of hydrogen-bond acceptors (Lipinski definition) is 3. The molecule has 0 atom stereocenters. The summed E-state index contributed by atoms with van der Waals surface area (Å²) in [7, 11) is 0. The highest BCUT2D eigenvalue weighted by Crippen LogP contribution is 2.19. The zero-order valence-corrected chi connectivity index (χ0v) is 12.0. The third kappa shape index (κ3) is 4.64. The molecule has 0 unspecified atom stereocenters. The molecule has 0 aromatic carbocycles. The molecule has 0 radical (unpaired) electrons. The molecule has 0 aliphatic heterocycles. The highest BCUT2D eigenvalue weighted by atomic mass is 35.5. The van der Waals surface area contributed by atoms with Gasteiger partial charge in [0.15, 0.2) is 0 Å². The first kappa shape index (κ1) is 14.5. The summed E-state index contributed by atoms with van der Waals surface area (Å²) in [4.78, 5) is 4.27. The Bertz CT molecular complexity index is 333. The van der Waals surface area contributed by atoms with Crippen LogP contribution in [0.5, 0.6) is 0 Å². The Morgan fingerprint density at radius 2 is 2.18 bits per heavy atom. The number of nitrogens with one attached hydrogen (secondary N) is 1. The summed E-state index contributed by atoms with van der Waals surface area (Å²) in [6, 6.07) is 0.352. The van der Waals surface area contributed by atoms with Crippen LogP contribution in [0.25, 0.3) is 0 Å². The van der Waals surface area contributed by atoms with Crippen molar-refractivity contribution in [3.63, 3.8) is 0 Å². The standard InChI is InChI=1S/C12H23ClN4/c1-10(2)17-11(15-9-16-17)7-14-8-12(3,4)5-6-13/h9-10,14H,5-8H2,1-4H3. The molecule has 1 N–H and O–H groups in total. The van der Waals surface area contributed by atoms with Crippen molar-refractivity contribution < 1.29 is 0 Å². The Morgan fingerprint density at radius 1 is 1.47 bits per heavy atom. The Kier molecular flexibility index (Phi) is 5.40. The van der Waals surface area contributed by atoms with E-state index in [9.17, 15) is 0 Å². The number of hydrogen-bond donors (Lipinski definition) is 1. The number of rotatable bonds is 7. The minimum absolute atomic E-state index is 0.227. The smallest absolute Gasteiger partial charge is 0.141 e. The van der Waals surface area contributed by atoms with E-state index in [4.69, 9.17) is 11.6 Å².